The molecular weight excluding hydrogens is 683 g/mol. The summed E-state index contributed by atoms with van der Waals surface area (Å²) in [6.45, 7) is 7.50. The summed E-state index contributed by atoms with van der Waals surface area (Å²) in [5.74, 6) is -0.0314. The van der Waals surface area contributed by atoms with Crippen LogP contribution in [-0.2, 0) is 24.8 Å². The highest BCUT2D eigenvalue weighted by Gasteiger charge is 2.32. The largest absolute Gasteiger partial charge is 0.497 e. The molecule has 0 radical (unpaired) electrons. The maximum Gasteiger partial charge on any atom is 0.261 e. The standard InChI is InChI=1S/C36H49N3O9S2/c1-25-10-15-31(16-11-25)49(42,43)37-29-12-19-34-33(21-29)36(41)39(27(3)24-40)22-26(2)35(47-20-8-7-9-28(4)48-34)23-38(5)50(44,45)32-17-13-30(46-6)14-18-32/h10-19,21,26-28,35,37,40H,7-9,20,22-24H2,1-6H3/t26-,27-,28+,35-/m1/s1. The van der Waals surface area contributed by atoms with Gasteiger partial charge in [-0.2, -0.15) is 4.31 Å². The minimum absolute atomic E-state index is 0.0199. The minimum atomic E-state index is -3.96. The number of nitrogens with one attached hydrogen (secondary N) is 1. The van der Waals surface area contributed by atoms with Crippen LogP contribution < -0.4 is 14.2 Å². The lowest BCUT2D eigenvalue weighted by molar-refractivity contribution is -0.00833. The van der Waals surface area contributed by atoms with E-state index in [2.05, 4.69) is 4.72 Å². The summed E-state index contributed by atoms with van der Waals surface area (Å²) in [6.07, 6.45) is 1.24. The van der Waals surface area contributed by atoms with E-state index in [9.17, 15) is 26.7 Å². The van der Waals surface area contributed by atoms with Crippen LogP contribution in [-0.4, -0.2) is 95.8 Å². The van der Waals surface area contributed by atoms with Crippen LogP contribution >= 0.6 is 0 Å². The van der Waals surface area contributed by atoms with Crippen molar-refractivity contribution in [3.63, 3.8) is 0 Å². The summed E-state index contributed by atoms with van der Waals surface area (Å²) >= 11 is 0. The molecule has 3 aromatic rings. The SMILES string of the molecule is COc1ccc(S(=O)(=O)N(C)C[C@H]2OCCCC[C@H](C)Oc3ccc(NS(=O)(=O)c4ccc(C)cc4)cc3C(=O)N([C@H](C)CO)C[C@H]2C)cc1. The van der Waals surface area contributed by atoms with Gasteiger partial charge in [0.25, 0.3) is 15.9 Å². The Morgan fingerprint density at radius 1 is 1.00 bits per heavy atom. The molecule has 0 aliphatic carbocycles. The molecule has 0 unspecified atom stereocenters. The number of benzene rings is 3. The Hall–Kier alpha value is -3.69. The van der Waals surface area contributed by atoms with Crippen molar-refractivity contribution in [3.05, 3.63) is 77.9 Å². The minimum Gasteiger partial charge on any atom is -0.497 e. The van der Waals surface area contributed by atoms with E-state index in [4.69, 9.17) is 14.2 Å². The fraction of sp³-hybridized carbons (Fsp3) is 0.472. The maximum atomic E-state index is 14.4. The number of aliphatic hydroxyl groups excluding tert-OH is 1. The first kappa shape index (κ1) is 39.1. The molecule has 0 saturated heterocycles. The summed E-state index contributed by atoms with van der Waals surface area (Å²) in [4.78, 5) is 16.1. The van der Waals surface area contributed by atoms with E-state index in [0.29, 0.717) is 30.9 Å². The summed E-state index contributed by atoms with van der Waals surface area (Å²) in [6, 6.07) is 16.5. The first-order valence-corrected chi connectivity index (χ1v) is 19.6. The summed E-state index contributed by atoms with van der Waals surface area (Å²) in [5.41, 5.74) is 1.21. The van der Waals surface area contributed by atoms with E-state index in [1.165, 1.54) is 53.7 Å². The number of methoxy groups -OCH3 is 1. The Bertz CT molecular complexity index is 1800. The number of anilines is 1. The van der Waals surface area contributed by atoms with Gasteiger partial charge < -0.3 is 24.2 Å². The number of fused-ring (bicyclic) bond motifs is 1. The molecule has 50 heavy (non-hydrogen) atoms. The molecule has 0 bridgehead atoms. The van der Waals surface area contributed by atoms with Crippen molar-refractivity contribution in [3.8, 4) is 11.5 Å². The number of sulfonamides is 2. The molecule has 0 saturated carbocycles. The third-order valence-corrected chi connectivity index (χ3v) is 12.1. The van der Waals surface area contributed by atoms with Crippen LogP contribution in [0.4, 0.5) is 5.69 Å². The first-order chi connectivity index (χ1) is 23.7. The lowest BCUT2D eigenvalue weighted by Crippen LogP contribution is -2.48. The molecule has 1 amide bonds. The molecule has 1 aliphatic heterocycles. The number of nitrogens with zero attached hydrogens (tertiary/aromatic N) is 2. The number of likely N-dealkylation sites (N-methyl/N-ethyl adjacent to an activating group) is 1. The Morgan fingerprint density at radius 2 is 1.66 bits per heavy atom. The smallest absolute Gasteiger partial charge is 0.261 e. The van der Waals surface area contributed by atoms with E-state index in [0.717, 1.165) is 12.0 Å². The lowest BCUT2D eigenvalue weighted by atomic mass is 10.0. The lowest BCUT2D eigenvalue weighted by Gasteiger charge is -2.35. The zero-order chi connectivity index (χ0) is 36.6. The van der Waals surface area contributed by atoms with Crippen LogP contribution in [0.5, 0.6) is 11.5 Å². The quantitative estimate of drug-likeness (QED) is 0.296. The Balaban J connectivity index is 1.66. The molecule has 0 aromatic heterocycles. The number of carbonyl (C=O) groups excluding carboxylic acids is 1. The van der Waals surface area contributed by atoms with Gasteiger partial charge in [-0.1, -0.05) is 24.6 Å². The number of ether oxygens (including phenoxy) is 3. The van der Waals surface area contributed by atoms with Gasteiger partial charge in [-0.05, 0) is 94.6 Å². The number of aryl methyl sites for hydroxylation is 1. The summed E-state index contributed by atoms with van der Waals surface area (Å²) in [5, 5.41) is 10.2. The van der Waals surface area contributed by atoms with Gasteiger partial charge in [0.2, 0.25) is 10.0 Å². The average molecular weight is 732 g/mol. The third kappa shape index (κ3) is 9.75. The van der Waals surface area contributed by atoms with E-state index in [1.807, 2.05) is 20.8 Å². The molecule has 0 fully saturated rings. The fourth-order valence-electron chi connectivity index (χ4n) is 5.66. The second-order valence-corrected chi connectivity index (χ2v) is 16.6. The van der Waals surface area contributed by atoms with Gasteiger partial charge in [-0.15, -0.1) is 0 Å². The van der Waals surface area contributed by atoms with Crippen molar-refractivity contribution in [1.82, 2.24) is 9.21 Å². The zero-order valence-electron chi connectivity index (χ0n) is 29.5. The van der Waals surface area contributed by atoms with E-state index in [1.54, 1.807) is 43.3 Å². The van der Waals surface area contributed by atoms with Crippen molar-refractivity contribution < 1.29 is 40.9 Å². The zero-order valence-corrected chi connectivity index (χ0v) is 31.2. The van der Waals surface area contributed by atoms with Crippen LogP contribution in [0.3, 0.4) is 0 Å². The maximum absolute atomic E-state index is 14.4. The molecule has 0 spiro atoms. The van der Waals surface area contributed by atoms with Crippen LogP contribution in [0, 0.1) is 12.8 Å². The van der Waals surface area contributed by atoms with Gasteiger partial charge in [-0.3, -0.25) is 9.52 Å². The Labute approximate surface area is 296 Å². The molecule has 4 rings (SSSR count). The van der Waals surface area contributed by atoms with Crippen molar-refractivity contribution in [1.29, 1.82) is 0 Å². The molecule has 2 N–H and O–H groups in total. The summed E-state index contributed by atoms with van der Waals surface area (Å²) in [7, 11) is -4.84. The van der Waals surface area contributed by atoms with Gasteiger partial charge in [0.1, 0.15) is 11.5 Å². The molecular formula is C36H49N3O9S2. The summed E-state index contributed by atoms with van der Waals surface area (Å²) < 4.78 is 75.1. The van der Waals surface area contributed by atoms with Crippen molar-refractivity contribution >= 4 is 31.6 Å². The van der Waals surface area contributed by atoms with E-state index < -0.39 is 38.1 Å². The molecule has 14 heteroatoms. The van der Waals surface area contributed by atoms with Crippen LogP contribution in [0.1, 0.15) is 56.0 Å². The highest BCUT2D eigenvalue weighted by atomic mass is 32.2. The third-order valence-electron chi connectivity index (χ3n) is 8.84. The molecule has 4 atom stereocenters. The van der Waals surface area contributed by atoms with Gasteiger partial charge in [0.05, 0.1) is 47.3 Å². The van der Waals surface area contributed by atoms with Crippen molar-refractivity contribution in [2.45, 2.75) is 75.0 Å². The van der Waals surface area contributed by atoms with Crippen molar-refractivity contribution in [2.75, 3.05) is 45.2 Å². The highest BCUT2D eigenvalue weighted by Crippen LogP contribution is 2.30. The van der Waals surface area contributed by atoms with Crippen LogP contribution in [0.25, 0.3) is 0 Å². The monoisotopic (exact) mass is 731 g/mol. The highest BCUT2D eigenvalue weighted by molar-refractivity contribution is 7.92. The average Bonchev–Trinajstić information content (AvgIpc) is 3.09. The fourth-order valence-corrected chi connectivity index (χ4v) is 7.89. The Morgan fingerprint density at radius 3 is 2.30 bits per heavy atom. The molecule has 1 heterocycles. The van der Waals surface area contributed by atoms with Gasteiger partial charge in [0.15, 0.2) is 0 Å². The van der Waals surface area contributed by atoms with Crippen molar-refractivity contribution in [2.24, 2.45) is 5.92 Å². The van der Waals surface area contributed by atoms with E-state index in [-0.39, 0.29) is 52.8 Å². The first-order valence-electron chi connectivity index (χ1n) is 16.7. The second-order valence-electron chi connectivity index (χ2n) is 12.9. The number of hydrogen-bond acceptors (Lipinski definition) is 9. The van der Waals surface area contributed by atoms with E-state index >= 15 is 0 Å². The normalized spacial score (nSPS) is 20.4. The topological polar surface area (TPSA) is 152 Å². The Kier molecular flexibility index (Phi) is 13.3. The van der Waals surface area contributed by atoms with Gasteiger partial charge in [-0.25, -0.2) is 16.8 Å². The number of aliphatic hydroxyl groups is 1. The number of rotatable bonds is 10. The number of carbonyl (C=O) groups is 1. The number of amides is 1. The predicted molar refractivity (Wildman–Crippen MR) is 192 cm³/mol. The van der Waals surface area contributed by atoms with Gasteiger partial charge >= 0.3 is 0 Å². The number of hydrogen-bond donors (Lipinski definition) is 2. The molecule has 274 valence electrons. The van der Waals surface area contributed by atoms with Gasteiger partial charge in [0, 0.05) is 38.3 Å². The van der Waals surface area contributed by atoms with Crippen LogP contribution in [0.15, 0.2) is 76.5 Å². The predicted octanol–water partition coefficient (Wildman–Crippen LogP) is 4.92. The molecule has 1 aliphatic rings. The second kappa shape index (κ2) is 17.0. The van der Waals surface area contributed by atoms with Crippen LogP contribution in [0.2, 0.25) is 0 Å². The molecule has 3 aromatic carbocycles. The molecule has 12 nitrogen and oxygen atoms in total.